The van der Waals surface area contributed by atoms with Crippen LogP contribution in [0.15, 0.2) is 54.6 Å². The Balaban J connectivity index is 0.00000132. The van der Waals surface area contributed by atoms with Crippen molar-refractivity contribution in [2.24, 2.45) is 0 Å². The van der Waals surface area contributed by atoms with Crippen LogP contribution in [0.25, 0.3) is 0 Å². The number of anilines is 1. The first kappa shape index (κ1) is 19.5. The molecular formula is C18H22Cl2N2O. The standard InChI is InChI=1S/C18H20N2O.2ClH/c21-15-17-8-4-5-9-18(17)20-12-10-19(11-13-20)14-16-6-2-1-3-7-16;;/h1-9,15H,10-14H2;2*1H. The first-order valence-corrected chi connectivity index (χ1v) is 7.42. The van der Waals surface area contributed by atoms with E-state index in [-0.39, 0.29) is 24.8 Å². The zero-order valence-corrected chi connectivity index (χ0v) is 14.6. The highest BCUT2D eigenvalue weighted by Crippen LogP contribution is 2.20. The van der Waals surface area contributed by atoms with Crippen molar-refractivity contribution >= 4 is 36.8 Å². The molecule has 0 spiro atoms. The van der Waals surface area contributed by atoms with Crippen LogP contribution in [0.2, 0.25) is 0 Å². The van der Waals surface area contributed by atoms with Crippen LogP contribution in [0.4, 0.5) is 5.69 Å². The van der Waals surface area contributed by atoms with E-state index in [1.165, 1.54) is 5.56 Å². The summed E-state index contributed by atoms with van der Waals surface area (Å²) in [6.07, 6.45) is 0.950. The van der Waals surface area contributed by atoms with Gasteiger partial charge in [0.1, 0.15) is 0 Å². The van der Waals surface area contributed by atoms with Gasteiger partial charge in [0, 0.05) is 44.0 Å². The Morgan fingerprint density at radius 1 is 0.826 bits per heavy atom. The van der Waals surface area contributed by atoms with Gasteiger partial charge in [-0.1, -0.05) is 42.5 Å². The normalized spacial score (nSPS) is 14.5. The summed E-state index contributed by atoms with van der Waals surface area (Å²) in [6, 6.07) is 18.4. The van der Waals surface area contributed by atoms with Crippen molar-refractivity contribution < 1.29 is 4.79 Å². The van der Waals surface area contributed by atoms with Crippen LogP contribution in [0, 0.1) is 0 Å². The first-order valence-electron chi connectivity index (χ1n) is 7.42. The van der Waals surface area contributed by atoms with Crippen molar-refractivity contribution in [3.63, 3.8) is 0 Å². The van der Waals surface area contributed by atoms with Gasteiger partial charge in [-0.05, 0) is 17.7 Å². The predicted octanol–water partition coefficient (Wildman–Crippen LogP) is 3.66. The molecule has 1 aliphatic rings. The molecule has 0 bridgehead atoms. The molecule has 1 saturated heterocycles. The lowest BCUT2D eigenvalue weighted by Crippen LogP contribution is -2.46. The number of benzene rings is 2. The van der Waals surface area contributed by atoms with Gasteiger partial charge in [-0.2, -0.15) is 0 Å². The first-order chi connectivity index (χ1) is 10.4. The summed E-state index contributed by atoms with van der Waals surface area (Å²) >= 11 is 0. The van der Waals surface area contributed by atoms with E-state index in [0.29, 0.717) is 0 Å². The molecular weight excluding hydrogens is 331 g/mol. The van der Waals surface area contributed by atoms with E-state index in [2.05, 4.69) is 40.1 Å². The highest BCUT2D eigenvalue weighted by atomic mass is 35.5. The summed E-state index contributed by atoms with van der Waals surface area (Å²) in [5.74, 6) is 0. The smallest absolute Gasteiger partial charge is 0.152 e. The van der Waals surface area contributed by atoms with Crippen molar-refractivity contribution in [2.45, 2.75) is 6.54 Å². The van der Waals surface area contributed by atoms with Crippen LogP contribution < -0.4 is 4.90 Å². The number of halogens is 2. The molecule has 0 N–H and O–H groups in total. The molecule has 0 aliphatic carbocycles. The Hall–Kier alpha value is -1.55. The largest absolute Gasteiger partial charge is 0.368 e. The van der Waals surface area contributed by atoms with Gasteiger partial charge in [-0.15, -0.1) is 24.8 Å². The molecule has 0 unspecified atom stereocenters. The molecule has 1 heterocycles. The number of rotatable bonds is 4. The Morgan fingerprint density at radius 3 is 2.09 bits per heavy atom. The lowest BCUT2D eigenvalue weighted by Gasteiger charge is -2.36. The minimum Gasteiger partial charge on any atom is -0.368 e. The molecule has 2 aromatic rings. The second kappa shape index (κ2) is 9.56. The fraction of sp³-hybridized carbons (Fsp3) is 0.278. The lowest BCUT2D eigenvalue weighted by molar-refractivity contribution is 0.112. The number of aldehydes is 1. The van der Waals surface area contributed by atoms with Crippen LogP contribution >= 0.6 is 24.8 Å². The molecule has 23 heavy (non-hydrogen) atoms. The minimum absolute atomic E-state index is 0. The molecule has 1 fully saturated rings. The number of carbonyl (C=O) groups is 1. The van der Waals surface area contributed by atoms with Crippen molar-refractivity contribution in [1.82, 2.24) is 4.90 Å². The Labute approximate surface area is 150 Å². The number of para-hydroxylation sites is 1. The fourth-order valence-corrected chi connectivity index (χ4v) is 2.86. The summed E-state index contributed by atoms with van der Waals surface area (Å²) in [5, 5.41) is 0. The zero-order chi connectivity index (χ0) is 14.5. The number of carbonyl (C=O) groups excluding carboxylic acids is 1. The molecule has 1 aliphatic heterocycles. The van der Waals surface area contributed by atoms with Crippen LogP contribution in [0.5, 0.6) is 0 Å². The van der Waals surface area contributed by atoms with Gasteiger partial charge >= 0.3 is 0 Å². The Kier molecular flexibility index (Phi) is 8.10. The molecule has 3 rings (SSSR count). The summed E-state index contributed by atoms with van der Waals surface area (Å²) in [7, 11) is 0. The average molecular weight is 353 g/mol. The average Bonchev–Trinajstić information content (AvgIpc) is 2.56. The maximum absolute atomic E-state index is 11.1. The molecule has 0 saturated carbocycles. The summed E-state index contributed by atoms with van der Waals surface area (Å²) in [4.78, 5) is 15.9. The number of nitrogens with zero attached hydrogens (tertiary/aromatic N) is 2. The number of hydrogen-bond acceptors (Lipinski definition) is 3. The lowest BCUT2D eigenvalue weighted by atomic mass is 10.1. The Bertz CT molecular complexity index is 599. The van der Waals surface area contributed by atoms with Gasteiger partial charge in [-0.25, -0.2) is 0 Å². The Morgan fingerprint density at radius 2 is 1.43 bits per heavy atom. The van der Waals surface area contributed by atoms with Crippen molar-refractivity contribution in [1.29, 1.82) is 0 Å². The van der Waals surface area contributed by atoms with Crippen LogP contribution in [-0.2, 0) is 6.54 Å². The zero-order valence-electron chi connectivity index (χ0n) is 12.9. The fourth-order valence-electron chi connectivity index (χ4n) is 2.86. The van der Waals surface area contributed by atoms with Gasteiger partial charge in [0.15, 0.2) is 6.29 Å². The molecule has 3 nitrogen and oxygen atoms in total. The quantitative estimate of drug-likeness (QED) is 0.784. The van der Waals surface area contributed by atoms with Crippen molar-refractivity contribution in [3.8, 4) is 0 Å². The minimum atomic E-state index is 0. The SMILES string of the molecule is Cl.Cl.O=Cc1ccccc1N1CCN(Cc2ccccc2)CC1. The molecule has 124 valence electrons. The van der Waals surface area contributed by atoms with Gasteiger partial charge in [0.25, 0.3) is 0 Å². The molecule has 0 atom stereocenters. The number of piperazine rings is 1. The van der Waals surface area contributed by atoms with E-state index in [1.54, 1.807) is 0 Å². The third-order valence-corrected chi connectivity index (χ3v) is 4.03. The van der Waals surface area contributed by atoms with E-state index in [0.717, 1.165) is 50.3 Å². The maximum Gasteiger partial charge on any atom is 0.152 e. The van der Waals surface area contributed by atoms with E-state index in [9.17, 15) is 4.79 Å². The van der Waals surface area contributed by atoms with Gasteiger partial charge in [0.05, 0.1) is 0 Å². The van der Waals surface area contributed by atoms with E-state index < -0.39 is 0 Å². The van der Waals surface area contributed by atoms with Gasteiger partial charge in [0.2, 0.25) is 0 Å². The molecule has 0 radical (unpaired) electrons. The summed E-state index contributed by atoms with van der Waals surface area (Å²) in [5.41, 5.74) is 3.21. The van der Waals surface area contributed by atoms with Crippen LogP contribution in [0.3, 0.4) is 0 Å². The van der Waals surface area contributed by atoms with Gasteiger partial charge in [-0.3, -0.25) is 9.69 Å². The second-order valence-corrected chi connectivity index (χ2v) is 5.43. The van der Waals surface area contributed by atoms with Crippen LogP contribution in [0.1, 0.15) is 15.9 Å². The highest BCUT2D eigenvalue weighted by molar-refractivity contribution is 5.86. The van der Waals surface area contributed by atoms with Gasteiger partial charge < -0.3 is 4.90 Å². The monoisotopic (exact) mass is 352 g/mol. The maximum atomic E-state index is 11.1. The van der Waals surface area contributed by atoms with Crippen molar-refractivity contribution in [3.05, 3.63) is 65.7 Å². The highest BCUT2D eigenvalue weighted by Gasteiger charge is 2.18. The molecule has 5 heteroatoms. The topological polar surface area (TPSA) is 23.6 Å². The van der Waals surface area contributed by atoms with E-state index in [4.69, 9.17) is 0 Å². The molecule has 0 aromatic heterocycles. The molecule has 0 amide bonds. The third-order valence-electron chi connectivity index (χ3n) is 4.03. The molecule has 2 aromatic carbocycles. The third kappa shape index (κ3) is 4.96. The summed E-state index contributed by atoms with van der Waals surface area (Å²) < 4.78 is 0. The van der Waals surface area contributed by atoms with E-state index in [1.807, 2.05) is 24.3 Å². The second-order valence-electron chi connectivity index (χ2n) is 5.43. The van der Waals surface area contributed by atoms with Crippen LogP contribution in [-0.4, -0.2) is 37.4 Å². The predicted molar refractivity (Wildman–Crippen MR) is 100 cm³/mol. The number of hydrogen-bond donors (Lipinski definition) is 0. The van der Waals surface area contributed by atoms with E-state index >= 15 is 0 Å². The van der Waals surface area contributed by atoms with Crippen molar-refractivity contribution in [2.75, 3.05) is 31.1 Å². The summed E-state index contributed by atoms with van der Waals surface area (Å²) in [6.45, 7) is 5.00.